The maximum Gasteiger partial charge on any atom is 0.390 e. The van der Waals surface area contributed by atoms with Gasteiger partial charge in [0.25, 0.3) is 0 Å². The van der Waals surface area contributed by atoms with E-state index < -0.39 is 12.6 Å². The molecule has 4 nitrogen and oxygen atoms in total. The topological polar surface area (TPSA) is 45.7 Å². The fraction of sp³-hybridized carbons (Fsp3) is 0.938. The average molecular weight is 465 g/mol. The molecule has 0 bridgehead atoms. The highest BCUT2D eigenvalue weighted by molar-refractivity contribution is 14.0. The van der Waals surface area contributed by atoms with Crippen LogP contribution in [0.2, 0.25) is 0 Å². The van der Waals surface area contributed by atoms with Crippen molar-refractivity contribution >= 4 is 29.9 Å². The number of nitrogens with one attached hydrogen (secondary N) is 2. The molecule has 1 rings (SSSR count). The van der Waals surface area contributed by atoms with Gasteiger partial charge in [-0.3, -0.25) is 4.99 Å². The van der Waals surface area contributed by atoms with Crippen LogP contribution in [0.25, 0.3) is 0 Å². The monoisotopic (exact) mass is 465 g/mol. The molecule has 1 aliphatic rings. The number of unbranched alkanes of at least 4 members (excludes halogenated alkanes) is 1. The Labute approximate surface area is 160 Å². The summed E-state index contributed by atoms with van der Waals surface area (Å²) in [6.45, 7) is 1.28. The third-order valence-corrected chi connectivity index (χ3v) is 3.94. The van der Waals surface area contributed by atoms with Gasteiger partial charge in [-0.15, -0.1) is 24.0 Å². The van der Waals surface area contributed by atoms with Gasteiger partial charge >= 0.3 is 6.18 Å². The normalized spacial score (nSPS) is 17.1. The highest BCUT2D eigenvalue weighted by Crippen LogP contribution is 2.20. The van der Waals surface area contributed by atoms with Gasteiger partial charge in [-0.2, -0.15) is 13.2 Å². The van der Waals surface area contributed by atoms with Crippen molar-refractivity contribution in [2.24, 2.45) is 4.99 Å². The summed E-state index contributed by atoms with van der Waals surface area (Å²) in [4.78, 5) is 3.91. The van der Waals surface area contributed by atoms with Gasteiger partial charge in [-0.05, 0) is 25.7 Å². The van der Waals surface area contributed by atoms with E-state index >= 15 is 0 Å². The number of guanidine groups is 1. The predicted molar refractivity (Wildman–Crippen MR) is 102 cm³/mol. The molecule has 0 atom stereocenters. The minimum absolute atomic E-state index is 0. The predicted octanol–water partition coefficient (Wildman–Crippen LogP) is 4.24. The molecule has 0 aromatic rings. The number of ether oxygens (including phenoxy) is 1. The van der Waals surface area contributed by atoms with Crippen LogP contribution in [0, 0.1) is 0 Å². The molecule has 0 spiro atoms. The molecule has 8 heteroatoms. The fourth-order valence-electron chi connectivity index (χ4n) is 2.64. The van der Waals surface area contributed by atoms with Crippen LogP contribution >= 0.6 is 24.0 Å². The van der Waals surface area contributed by atoms with Gasteiger partial charge < -0.3 is 15.4 Å². The van der Waals surface area contributed by atoms with Crippen molar-refractivity contribution in [1.29, 1.82) is 0 Å². The Morgan fingerprint density at radius 2 is 1.67 bits per heavy atom. The molecule has 0 aliphatic heterocycles. The Morgan fingerprint density at radius 1 is 1.04 bits per heavy atom. The lowest BCUT2D eigenvalue weighted by Gasteiger charge is -2.15. The largest absolute Gasteiger partial charge is 0.390 e. The van der Waals surface area contributed by atoms with E-state index in [0.29, 0.717) is 18.6 Å². The van der Waals surface area contributed by atoms with E-state index in [0.717, 1.165) is 19.4 Å². The van der Waals surface area contributed by atoms with Gasteiger partial charge in [0, 0.05) is 26.7 Å². The van der Waals surface area contributed by atoms with Gasteiger partial charge in [0.1, 0.15) is 0 Å². The van der Waals surface area contributed by atoms with Gasteiger partial charge in [-0.1, -0.05) is 25.7 Å². The smallest absolute Gasteiger partial charge is 0.378 e. The summed E-state index contributed by atoms with van der Waals surface area (Å²) in [5.74, 6) is 0.416. The van der Waals surface area contributed by atoms with E-state index in [1.54, 1.807) is 7.05 Å². The molecule has 1 saturated carbocycles. The number of hydrogen-bond acceptors (Lipinski definition) is 2. The third kappa shape index (κ3) is 13.1. The standard InChI is InChI=1S/C16H30F3N3O.HI/c1-20-15(22-12-10-16(17,18)19)21-11-6-7-13-23-14-8-4-2-3-5-9-14;/h14H,2-13H2,1H3,(H2,20,21,22);1H. The van der Waals surface area contributed by atoms with Crippen LogP contribution in [0.15, 0.2) is 4.99 Å². The molecule has 0 amide bonds. The van der Waals surface area contributed by atoms with Crippen LogP contribution in [0.4, 0.5) is 13.2 Å². The van der Waals surface area contributed by atoms with E-state index in [2.05, 4.69) is 15.6 Å². The lowest BCUT2D eigenvalue weighted by molar-refractivity contribution is -0.132. The Balaban J connectivity index is 0.00000529. The second kappa shape index (κ2) is 14.0. The number of hydrogen-bond donors (Lipinski definition) is 2. The summed E-state index contributed by atoms with van der Waals surface area (Å²) in [5.41, 5.74) is 0. The average Bonchev–Trinajstić information content (AvgIpc) is 2.76. The lowest BCUT2D eigenvalue weighted by Crippen LogP contribution is -2.39. The Bertz CT molecular complexity index is 333. The molecule has 0 radical (unpaired) electrons. The van der Waals surface area contributed by atoms with Gasteiger partial charge in [0.05, 0.1) is 12.5 Å². The minimum atomic E-state index is -4.14. The van der Waals surface area contributed by atoms with Gasteiger partial charge in [0.2, 0.25) is 0 Å². The molecule has 1 fully saturated rings. The van der Waals surface area contributed by atoms with E-state index in [-0.39, 0.29) is 30.5 Å². The van der Waals surface area contributed by atoms with Crippen LogP contribution in [0.5, 0.6) is 0 Å². The molecular weight excluding hydrogens is 434 g/mol. The number of rotatable bonds is 8. The first kappa shape index (κ1) is 23.8. The van der Waals surface area contributed by atoms with E-state index in [4.69, 9.17) is 4.74 Å². The molecule has 144 valence electrons. The molecular formula is C16H31F3IN3O. The molecule has 24 heavy (non-hydrogen) atoms. The molecule has 0 heterocycles. The van der Waals surface area contributed by atoms with Crippen LogP contribution in [0.1, 0.15) is 57.8 Å². The molecule has 0 aromatic heterocycles. The van der Waals surface area contributed by atoms with Crippen molar-refractivity contribution in [3.05, 3.63) is 0 Å². The Morgan fingerprint density at radius 3 is 2.25 bits per heavy atom. The Kier molecular flexibility index (Phi) is 13.8. The van der Waals surface area contributed by atoms with Crippen LogP contribution in [-0.4, -0.2) is 45.0 Å². The summed E-state index contributed by atoms with van der Waals surface area (Å²) in [7, 11) is 1.55. The lowest BCUT2D eigenvalue weighted by atomic mass is 10.1. The molecule has 0 aromatic carbocycles. The second-order valence-electron chi connectivity index (χ2n) is 5.98. The summed E-state index contributed by atoms with van der Waals surface area (Å²) < 4.78 is 42.1. The quantitative estimate of drug-likeness (QED) is 0.185. The highest BCUT2D eigenvalue weighted by atomic mass is 127. The summed E-state index contributed by atoms with van der Waals surface area (Å²) >= 11 is 0. The first-order valence-electron chi connectivity index (χ1n) is 8.64. The summed E-state index contributed by atoms with van der Waals surface area (Å²) in [5, 5.41) is 5.68. The van der Waals surface area contributed by atoms with Crippen LogP contribution < -0.4 is 10.6 Å². The zero-order chi connectivity index (χ0) is 17.0. The van der Waals surface area contributed by atoms with Crippen LogP contribution in [0.3, 0.4) is 0 Å². The van der Waals surface area contributed by atoms with Gasteiger partial charge in [-0.25, -0.2) is 0 Å². The molecule has 0 saturated heterocycles. The first-order chi connectivity index (χ1) is 11.0. The zero-order valence-electron chi connectivity index (χ0n) is 14.5. The van der Waals surface area contributed by atoms with Crippen molar-refractivity contribution in [3.63, 3.8) is 0 Å². The van der Waals surface area contributed by atoms with Crippen LogP contribution in [-0.2, 0) is 4.74 Å². The van der Waals surface area contributed by atoms with E-state index in [1.165, 1.54) is 38.5 Å². The maximum atomic E-state index is 12.1. The molecule has 2 N–H and O–H groups in total. The summed E-state index contributed by atoms with van der Waals surface area (Å²) in [6.07, 6.45) is 4.82. The van der Waals surface area contributed by atoms with Crippen molar-refractivity contribution < 1.29 is 17.9 Å². The maximum absolute atomic E-state index is 12.1. The van der Waals surface area contributed by atoms with Crippen molar-refractivity contribution in [2.45, 2.75) is 70.1 Å². The third-order valence-electron chi connectivity index (χ3n) is 3.94. The van der Waals surface area contributed by atoms with Crippen molar-refractivity contribution in [1.82, 2.24) is 10.6 Å². The highest BCUT2D eigenvalue weighted by Gasteiger charge is 2.26. The number of aliphatic imine (C=N–C) groups is 1. The SMILES string of the molecule is CN=C(NCCCCOC1CCCCCC1)NCCC(F)(F)F.I. The molecule has 0 unspecified atom stereocenters. The Hall–Kier alpha value is -0.250. The second-order valence-corrected chi connectivity index (χ2v) is 5.98. The van der Waals surface area contributed by atoms with E-state index in [9.17, 15) is 13.2 Å². The van der Waals surface area contributed by atoms with Crippen molar-refractivity contribution in [2.75, 3.05) is 26.7 Å². The molecule has 1 aliphatic carbocycles. The minimum Gasteiger partial charge on any atom is -0.378 e. The summed E-state index contributed by atoms with van der Waals surface area (Å²) in [6, 6.07) is 0. The van der Waals surface area contributed by atoms with Crippen molar-refractivity contribution in [3.8, 4) is 0 Å². The zero-order valence-corrected chi connectivity index (χ0v) is 16.8. The van der Waals surface area contributed by atoms with Gasteiger partial charge in [0.15, 0.2) is 5.96 Å². The number of nitrogens with zero attached hydrogens (tertiary/aromatic N) is 1. The fourth-order valence-corrected chi connectivity index (χ4v) is 2.64. The number of alkyl halides is 3. The number of halogens is 4. The first-order valence-corrected chi connectivity index (χ1v) is 8.64. The van der Waals surface area contributed by atoms with E-state index in [1.807, 2.05) is 0 Å².